The number of fused-ring (bicyclic) bond motifs is 5. The van der Waals surface area contributed by atoms with Gasteiger partial charge in [0.25, 0.3) is 11.5 Å². The number of carbonyl (C=O) groups excluding carboxylic acids is 1. The fraction of sp³-hybridized carbons (Fsp3) is 0.452. The molecule has 0 spiro atoms. The Balaban J connectivity index is 1.16. The lowest BCUT2D eigenvalue weighted by Gasteiger charge is -2.41. The molecule has 9 nitrogen and oxygen atoms in total. The largest absolute Gasteiger partial charge is 0.497 e. The topological polar surface area (TPSA) is 92.2 Å². The lowest BCUT2D eigenvalue weighted by atomic mass is 9.99. The summed E-state index contributed by atoms with van der Waals surface area (Å²) in [6, 6.07) is 12.9. The molecular weight excluding hydrogens is 506 g/mol. The Hall–Kier alpha value is -3.69. The van der Waals surface area contributed by atoms with Gasteiger partial charge < -0.3 is 19.4 Å². The van der Waals surface area contributed by atoms with E-state index in [4.69, 9.17) is 9.47 Å². The molecule has 2 atom stereocenters. The molecule has 9 heteroatoms. The molecule has 1 N–H and O–H groups in total. The van der Waals surface area contributed by atoms with Gasteiger partial charge in [-0.1, -0.05) is 12.1 Å². The van der Waals surface area contributed by atoms with Crippen LogP contribution < -0.4 is 10.3 Å². The summed E-state index contributed by atoms with van der Waals surface area (Å²) in [5.41, 5.74) is 4.72. The van der Waals surface area contributed by atoms with Crippen LogP contribution in [0.4, 0.5) is 0 Å². The molecule has 40 heavy (non-hydrogen) atoms. The highest BCUT2D eigenvalue weighted by atomic mass is 16.5. The molecule has 3 aliphatic heterocycles. The van der Waals surface area contributed by atoms with Crippen molar-refractivity contribution in [1.82, 2.24) is 24.2 Å². The van der Waals surface area contributed by atoms with Crippen molar-refractivity contribution in [3.63, 3.8) is 0 Å². The number of aromatic nitrogens is 3. The first-order chi connectivity index (χ1) is 19.5. The molecule has 2 aromatic heterocycles. The molecule has 0 radical (unpaired) electrons. The minimum absolute atomic E-state index is 0.0385. The number of H-pyrrole nitrogens is 1. The van der Waals surface area contributed by atoms with Gasteiger partial charge in [0, 0.05) is 56.4 Å². The molecule has 0 saturated carbocycles. The average molecular weight is 542 g/mol. The molecule has 0 aliphatic carbocycles. The third kappa shape index (κ3) is 4.28. The SMILES string of the molecule is COc1ccc(CN2[C@@H]3CC[C@H]2CN(C(=O)c2cc4[nH]c(=O)c5cnc(C6CCOCC6)n5c4cc2C)C3)cc1. The highest BCUT2D eigenvalue weighted by Gasteiger charge is 2.41. The van der Waals surface area contributed by atoms with Gasteiger partial charge in [0.15, 0.2) is 0 Å². The van der Waals surface area contributed by atoms with Crippen LogP contribution in [-0.2, 0) is 11.3 Å². The number of hydrogen-bond acceptors (Lipinski definition) is 6. The summed E-state index contributed by atoms with van der Waals surface area (Å²) in [4.78, 5) is 39.2. The lowest BCUT2D eigenvalue weighted by Crippen LogP contribution is -2.54. The number of amides is 1. The van der Waals surface area contributed by atoms with Gasteiger partial charge in [-0.05, 0) is 68.0 Å². The molecule has 0 unspecified atom stereocenters. The van der Waals surface area contributed by atoms with Crippen molar-refractivity contribution < 1.29 is 14.3 Å². The molecule has 208 valence electrons. The molecule has 3 fully saturated rings. The molecule has 4 aromatic rings. The average Bonchev–Trinajstić information content (AvgIpc) is 3.52. The summed E-state index contributed by atoms with van der Waals surface area (Å²) in [5.74, 6) is 2.05. The number of carbonyl (C=O) groups is 1. The summed E-state index contributed by atoms with van der Waals surface area (Å²) >= 11 is 0. The summed E-state index contributed by atoms with van der Waals surface area (Å²) < 4.78 is 12.8. The quantitative estimate of drug-likeness (QED) is 0.412. The molecular formula is C31H35N5O4. The molecule has 1 amide bonds. The maximum atomic E-state index is 13.9. The van der Waals surface area contributed by atoms with Gasteiger partial charge in [-0.25, -0.2) is 4.98 Å². The predicted molar refractivity (Wildman–Crippen MR) is 152 cm³/mol. The summed E-state index contributed by atoms with van der Waals surface area (Å²) in [7, 11) is 1.68. The number of hydrogen-bond donors (Lipinski definition) is 1. The van der Waals surface area contributed by atoms with Crippen LogP contribution in [0.3, 0.4) is 0 Å². The van der Waals surface area contributed by atoms with Crippen LogP contribution in [0.25, 0.3) is 16.6 Å². The van der Waals surface area contributed by atoms with Crippen molar-refractivity contribution in [2.45, 2.75) is 57.2 Å². The van der Waals surface area contributed by atoms with E-state index in [9.17, 15) is 9.59 Å². The highest BCUT2D eigenvalue weighted by Crippen LogP contribution is 2.34. The van der Waals surface area contributed by atoms with Crippen molar-refractivity contribution in [3.05, 3.63) is 75.5 Å². The first-order valence-electron chi connectivity index (χ1n) is 14.3. The van der Waals surface area contributed by atoms with E-state index in [1.54, 1.807) is 13.3 Å². The fourth-order valence-electron chi connectivity index (χ4n) is 6.94. The van der Waals surface area contributed by atoms with Crippen molar-refractivity contribution in [3.8, 4) is 5.75 Å². The Morgan fingerprint density at radius 2 is 1.77 bits per heavy atom. The molecule has 5 heterocycles. The number of methoxy groups -OCH3 is 1. The third-order valence-electron chi connectivity index (χ3n) is 9.12. The minimum Gasteiger partial charge on any atom is -0.497 e. The molecule has 2 bridgehead atoms. The van der Waals surface area contributed by atoms with Crippen molar-refractivity contribution in [2.24, 2.45) is 0 Å². The number of rotatable bonds is 5. The number of nitrogens with one attached hydrogen (secondary N) is 1. The Morgan fingerprint density at radius 1 is 1.05 bits per heavy atom. The Kier molecular flexibility index (Phi) is 6.35. The zero-order valence-electron chi connectivity index (χ0n) is 23.1. The number of aryl methyl sites for hydroxylation is 1. The molecule has 3 saturated heterocycles. The van der Waals surface area contributed by atoms with E-state index in [0.717, 1.165) is 54.9 Å². The normalized spacial score (nSPS) is 21.9. The molecule has 7 rings (SSSR count). The summed E-state index contributed by atoms with van der Waals surface area (Å²) in [6.45, 7) is 5.71. The number of benzene rings is 2. The fourth-order valence-corrected chi connectivity index (χ4v) is 6.94. The van der Waals surface area contributed by atoms with Crippen LogP contribution in [0, 0.1) is 6.92 Å². The Morgan fingerprint density at radius 3 is 2.48 bits per heavy atom. The van der Waals surface area contributed by atoms with Gasteiger partial charge in [-0.3, -0.25) is 18.9 Å². The van der Waals surface area contributed by atoms with Gasteiger partial charge in [0.2, 0.25) is 0 Å². The van der Waals surface area contributed by atoms with E-state index in [-0.39, 0.29) is 17.4 Å². The van der Waals surface area contributed by atoms with E-state index in [2.05, 4.69) is 27.0 Å². The lowest BCUT2D eigenvalue weighted by molar-refractivity contribution is 0.0423. The van der Waals surface area contributed by atoms with Gasteiger partial charge >= 0.3 is 0 Å². The van der Waals surface area contributed by atoms with E-state index in [1.807, 2.05) is 40.5 Å². The zero-order chi connectivity index (χ0) is 27.4. The number of likely N-dealkylation sites (tertiary alicyclic amines) is 1. The van der Waals surface area contributed by atoms with Gasteiger partial charge in [-0.2, -0.15) is 0 Å². The number of ether oxygens (including phenoxy) is 2. The Labute approximate surface area is 232 Å². The smallest absolute Gasteiger partial charge is 0.274 e. The van der Waals surface area contributed by atoms with Crippen LogP contribution in [-0.4, -0.2) is 75.6 Å². The second kappa shape index (κ2) is 10.1. The van der Waals surface area contributed by atoms with Crippen LogP contribution in [0.1, 0.15) is 58.9 Å². The standard InChI is InChI=1S/C31H35N5O4/c1-19-13-27-26(33-30(37)28-15-32-29(36(27)28)21-9-11-40-12-10-21)14-25(19)31(38)34-17-22-5-6-23(18-34)35(22)16-20-3-7-24(39-2)8-4-20/h3-4,7-8,13-15,21-23H,5-6,9-12,16-18H2,1-2H3,(H,33,37)/t22-,23+. The second-order valence-electron chi connectivity index (χ2n) is 11.5. The van der Waals surface area contributed by atoms with E-state index < -0.39 is 0 Å². The second-order valence-corrected chi connectivity index (χ2v) is 11.5. The van der Waals surface area contributed by atoms with Crippen LogP contribution >= 0.6 is 0 Å². The van der Waals surface area contributed by atoms with Gasteiger partial charge in [0.1, 0.15) is 17.1 Å². The van der Waals surface area contributed by atoms with Crippen LogP contribution in [0.15, 0.2) is 47.4 Å². The summed E-state index contributed by atoms with van der Waals surface area (Å²) in [5, 5.41) is 0. The predicted octanol–water partition coefficient (Wildman–Crippen LogP) is 3.88. The maximum absolute atomic E-state index is 13.9. The van der Waals surface area contributed by atoms with Crippen molar-refractivity contribution >= 4 is 22.5 Å². The molecule has 3 aliphatic rings. The first-order valence-corrected chi connectivity index (χ1v) is 14.3. The Bertz CT molecular complexity index is 1620. The number of piperazine rings is 1. The van der Waals surface area contributed by atoms with Crippen LogP contribution in [0.2, 0.25) is 0 Å². The third-order valence-corrected chi connectivity index (χ3v) is 9.12. The van der Waals surface area contributed by atoms with Gasteiger partial charge in [0.05, 0.1) is 24.3 Å². The van der Waals surface area contributed by atoms with Crippen molar-refractivity contribution in [1.29, 1.82) is 0 Å². The monoisotopic (exact) mass is 541 g/mol. The van der Waals surface area contributed by atoms with Crippen molar-refractivity contribution in [2.75, 3.05) is 33.4 Å². The summed E-state index contributed by atoms with van der Waals surface area (Å²) in [6.07, 6.45) is 5.63. The number of nitrogens with zero attached hydrogens (tertiary/aromatic N) is 4. The van der Waals surface area contributed by atoms with Gasteiger partial charge in [-0.15, -0.1) is 0 Å². The van der Waals surface area contributed by atoms with E-state index in [0.29, 0.717) is 55.0 Å². The first kappa shape index (κ1) is 25.3. The maximum Gasteiger partial charge on any atom is 0.274 e. The number of aromatic amines is 1. The number of imidazole rings is 1. The van der Waals surface area contributed by atoms with E-state index in [1.165, 1.54) is 5.56 Å². The van der Waals surface area contributed by atoms with E-state index >= 15 is 0 Å². The highest BCUT2D eigenvalue weighted by molar-refractivity contribution is 5.99. The zero-order valence-corrected chi connectivity index (χ0v) is 23.1. The minimum atomic E-state index is -0.189. The molecule has 2 aromatic carbocycles. The van der Waals surface area contributed by atoms with Crippen LogP contribution in [0.5, 0.6) is 5.75 Å².